The SMILES string of the molecule is Cc1cc(Br)c(Cl)cc1C1=C(O)C2(CCN(C(=O)OCc3ccccc3)CC2)OC1=O. The summed E-state index contributed by atoms with van der Waals surface area (Å²) in [6.45, 7) is 2.63. The number of aliphatic hydroxyl groups excluding tert-OH is 1. The number of rotatable bonds is 3. The lowest BCUT2D eigenvalue weighted by atomic mass is 9.87. The van der Waals surface area contributed by atoms with E-state index in [2.05, 4.69) is 15.9 Å². The number of amides is 1. The molecule has 2 aromatic rings. The predicted octanol–water partition coefficient (Wildman–Crippen LogP) is 5.41. The Morgan fingerprint density at radius 2 is 1.94 bits per heavy atom. The van der Waals surface area contributed by atoms with Crippen LogP contribution in [0, 0.1) is 6.92 Å². The van der Waals surface area contributed by atoms with Gasteiger partial charge in [-0.1, -0.05) is 41.9 Å². The molecule has 8 heteroatoms. The van der Waals surface area contributed by atoms with E-state index in [1.165, 1.54) is 0 Å². The predicted molar refractivity (Wildman–Crippen MR) is 120 cm³/mol. The lowest BCUT2D eigenvalue weighted by Crippen LogP contribution is -2.48. The molecule has 31 heavy (non-hydrogen) atoms. The van der Waals surface area contributed by atoms with Gasteiger partial charge in [-0.05, 0) is 51.7 Å². The zero-order chi connectivity index (χ0) is 22.2. The lowest BCUT2D eigenvalue weighted by molar-refractivity contribution is -0.150. The highest BCUT2D eigenvalue weighted by Crippen LogP contribution is 2.44. The number of ether oxygens (including phenoxy) is 2. The van der Waals surface area contributed by atoms with Crippen molar-refractivity contribution in [3.63, 3.8) is 0 Å². The summed E-state index contributed by atoms with van der Waals surface area (Å²) in [4.78, 5) is 26.7. The van der Waals surface area contributed by atoms with Crippen molar-refractivity contribution >= 4 is 45.2 Å². The van der Waals surface area contributed by atoms with Gasteiger partial charge >= 0.3 is 12.1 Å². The molecule has 2 aliphatic rings. The van der Waals surface area contributed by atoms with Crippen LogP contribution in [0.25, 0.3) is 5.57 Å². The number of carbonyl (C=O) groups excluding carboxylic acids is 2. The molecule has 4 rings (SSSR count). The number of hydrogen-bond acceptors (Lipinski definition) is 5. The molecule has 1 N–H and O–H groups in total. The maximum Gasteiger partial charge on any atom is 0.410 e. The minimum Gasteiger partial charge on any atom is -0.507 e. The van der Waals surface area contributed by atoms with E-state index >= 15 is 0 Å². The van der Waals surface area contributed by atoms with Crippen molar-refractivity contribution in [3.05, 3.63) is 74.4 Å². The molecule has 1 fully saturated rings. The maximum atomic E-state index is 12.7. The first-order chi connectivity index (χ1) is 14.8. The first-order valence-corrected chi connectivity index (χ1v) is 11.1. The number of esters is 1. The molecule has 0 saturated carbocycles. The molecular formula is C23H21BrClNO5. The molecule has 1 saturated heterocycles. The first kappa shape index (κ1) is 21.7. The van der Waals surface area contributed by atoms with Crippen LogP contribution in [0.1, 0.15) is 29.5 Å². The monoisotopic (exact) mass is 505 g/mol. The van der Waals surface area contributed by atoms with Gasteiger partial charge in [0, 0.05) is 30.4 Å². The van der Waals surface area contributed by atoms with Crippen LogP contribution in [-0.4, -0.2) is 40.8 Å². The molecule has 2 aromatic carbocycles. The minimum atomic E-state index is -1.13. The van der Waals surface area contributed by atoms with Gasteiger partial charge in [0.15, 0.2) is 11.4 Å². The van der Waals surface area contributed by atoms with Crippen LogP contribution < -0.4 is 0 Å². The van der Waals surface area contributed by atoms with Crippen LogP contribution in [0.4, 0.5) is 4.79 Å². The van der Waals surface area contributed by atoms with Gasteiger partial charge in [-0.2, -0.15) is 0 Å². The number of aliphatic hydroxyl groups is 1. The topological polar surface area (TPSA) is 76.1 Å². The molecule has 0 bridgehead atoms. The Morgan fingerprint density at radius 3 is 2.61 bits per heavy atom. The maximum absolute atomic E-state index is 12.7. The van der Waals surface area contributed by atoms with E-state index in [9.17, 15) is 14.7 Å². The van der Waals surface area contributed by atoms with Crippen molar-refractivity contribution in [2.75, 3.05) is 13.1 Å². The van der Waals surface area contributed by atoms with Crippen molar-refractivity contribution in [1.29, 1.82) is 0 Å². The van der Waals surface area contributed by atoms with E-state index in [4.69, 9.17) is 21.1 Å². The van der Waals surface area contributed by atoms with E-state index in [0.29, 0.717) is 28.1 Å². The van der Waals surface area contributed by atoms with Gasteiger partial charge < -0.3 is 19.5 Å². The van der Waals surface area contributed by atoms with Crippen LogP contribution in [0.5, 0.6) is 0 Å². The molecule has 6 nitrogen and oxygen atoms in total. The number of benzene rings is 2. The molecule has 1 amide bonds. The average Bonchev–Trinajstić information content (AvgIpc) is 2.99. The fraction of sp³-hybridized carbons (Fsp3) is 0.304. The van der Waals surface area contributed by atoms with Gasteiger partial charge in [-0.25, -0.2) is 9.59 Å². The summed E-state index contributed by atoms with van der Waals surface area (Å²) in [7, 11) is 0. The normalized spacial score (nSPS) is 17.8. The van der Waals surface area contributed by atoms with E-state index in [0.717, 1.165) is 11.1 Å². The highest BCUT2D eigenvalue weighted by Gasteiger charge is 2.51. The van der Waals surface area contributed by atoms with Gasteiger partial charge in [0.2, 0.25) is 0 Å². The molecule has 0 aliphatic carbocycles. The molecule has 1 spiro atoms. The Balaban J connectivity index is 1.47. The van der Waals surface area contributed by atoms with Crippen molar-refractivity contribution in [2.24, 2.45) is 0 Å². The van der Waals surface area contributed by atoms with E-state index in [1.807, 2.05) is 37.3 Å². The lowest BCUT2D eigenvalue weighted by Gasteiger charge is -2.37. The highest BCUT2D eigenvalue weighted by atomic mass is 79.9. The van der Waals surface area contributed by atoms with Crippen molar-refractivity contribution in [2.45, 2.75) is 32.0 Å². The minimum absolute atomic E-state index is 0.101. The standard InChI is InChI=1S/C23H21BrClNO5/c1-14-11-17(24)18(25)12-16(14)19-20(27)23(31-21(19)28)7-9-26(10-8-23)22(29)30-13-15-5-3-2-4-6-15/h2-6,11-12,27H,7-10,13H2,1H3. The number of nitrogens with zero attached hydrogens (tertiary/aromatic N) is 1. The van der Waals surface area contributed by atoms with Crippen LogP contribution in [-0.2, 0) is 20.9 Å². The number of hydrogen-bond donors (Lipinski definition) is 1. The van der Waals surface area contributed by atoms with Crippen LogP contribution in [0.3, 0.4) is 0 Å². The third-order valence-electron chi connectivity index (χ3n) is 5.73. The molecule has 0 unspecified atom stereocenters. The third-order valence-corrected chi connectivity index (χ3v) is 6.93. The molecular weight excluding hydrogens is 486 g/mol. The van der Waals surface area contributed by atoms with Crippen molar-refractivity contribution < 1.29 is 24.2 Å². The largest absolute Gasteiger partial charge is 0.507 e. The zero-order valence-electron chi connectivity index (χ0n) is 16.9. The Labute approximate surface area is 193 Å². The number of aryl methyl sites for hydroxylation is 1. The fourth-order valence-electron chi connectivity index (χ4n) is 3.95. The highest BCUT2D eigenvalue weighted by molar-refractivity contribution is 9.10. The van der Waals surface area contributed by atoms with Crippen LogP contribution in [0.2, 0.25) is 5.02 Å². The van der Waals surface area contributed by atoms with E-state index < -0.39 is 17.7 Å². The summed E-state index contributed by atoms with van der Waals surface area (Å²) in [5.74, 6) is -0.685. The van der Waals surface area contributed by atoms with Gasteiger partial charge in [0.1, 0.15) is 12.2 Å². The molecule has 0 aromatic heterocycles. The molecule has 0 atom stereocenters. The summed E-state index contributed by atoms with van der Waals surface area (Å²) in [6, 6.07) is 12.9. The van der Waals surface area contributed by atoms with Gasteiger partial charge in [0.05, 0.1) is 5.02 Å². The Morgan fingerprint density at radius 1 is 1.26 bits per heavy atom. The first-order valence-electron chi connectivity index (χ1n) is 9.89. The van der Waals surface area contributed by atoms with E-state index in [1.54, 1.807) is 17.0 Å². The quantitative estimate of drug-likeness (QED) is 0.564. The van der Waals surface area contributed by atoms with E-state index in [-0.39, 0.29) is 30.8 Å². The average molecular weight is 507 g/mol. The summed E-state index contributed by atoms with van der Waals surface area (Å²) < 4.78 is 11.7. The Kier molecular flexibility index (Phi) is 5.99. The zero-order valence-corrected chi connectivity index (χ0v) is 19.2. The summed E-state index contributed by atoms with van der Waals surface area (Å²) in [6.07, 6.45) is 0.151. The summed E-state index contributed by atoms with van der Waals surface area (Å²) in [5, 5.41) is 11.4. The van der Waals surface area contributed by atoms with Gasteiger partial charge in [-0.15, -0.1) is 0 Å². The number of piperidine rings is 1. The summed E-state index contributed by atoms with van der Waals surface area (Å²) in [5.41, 5.74) is 1.23. The Hall–Kier alpha value is -2.51. The Bertz CT molecular complexity index is 1060. The smallest absolute Gasteiger partial charge is 0.410 e. The van der Waals surface area contributed by atoms with Gasteiger partial charge in [-0.3, -0.25) is 0 Å². The third kappa shape index (κ3) is 4.16. The molecule has 0 radical (unpaired) electrons. The molecule has 162 valence electrons. The fourth-order valence-corrected chi connectivity index (χ4v) is 4.58. The van der Waals surface area contributed by atoms with Crippen LogP contribution in [0.15, 0.2) is 52.7 Å². The second-order valence-corrected chi connectivity index (χ2v) is 8.98. The number of carbonyl (C=O) groups is 2. The second kappa shape index (κ2) is 8.55. The molecule has 2 heterocycles. The van der Waals surface area contributed by atoms with Crippen molar-refractivity contribution in [3.8, 4) is 0 Å². The van der Waals surface area contributed by atoms with Crippen LogP contribution >= 0.6 is 27.5 Å². The summed E-state index contributed by atoms with van der Waals surface area (Å²) >= 11 is 9.56. The number of halogens is 2. The number of likely N-dealkylation sites (tertiary alicyclic amines) is 1. The second-order valence-electron chi connectivity index (χ2n) is 7.72. The van der Waals surface area contributed by atoms with Crippen molar-refractivity contribution in [1.82, 2.24) is 4.90 Å². The molecule has 2 aliphatic heterocycles. The van der Waals surface area contributed by atoms with Gasteiger partial charge in [0.25, 0.3) is 0 Å².